The van der Waals surface area contributed by atoms with Gasteiger partial charge in [0, 0.05) is 45.1 Å². The summed E-state index contributed by atoms with van der Waals surface area (Å²) in [4.78, 5) is 7.09. The summed E-state index contributed by atoms with van der Waals surface area (Å²) in [6.07, 6.45) is 1.16. The van der Waals surface area contributed by atoms with Crippen LogP contribution in [0.25, 0.3) is 0 Å². The molecule has 1 aromatic carbocycles. The summed E-state index contributed by atoms with van der Waals surface area (Å²) in [6.45, 7) is 11.0. The molecule has 2 rings (SSSR count). The first kappa shape index (κ1) is 21.2. The van der Waals surface area contributed by atoms with E-state index >= 15 is 0 Å². The van der Waals surface area contributed by atoms with Crippen LogP contribution in [-0.4, -0.2) is 50.8 Å². The Morgan fingerprint density at radius 1 is 1.46 bits per heavy atom. The molecular formula is C19H32IN3O. The summed E-state index contributed by atoms with van der Waals surface area (Å²) in [5, 5.41) is 3.41. The van der Waals surface area contributed by atoms with Crippen LogP contribution in [0.3, 0.4) is 0 Å². The standard InChI is InChI=1S/C19H31N3O.HI/c1-5-20-19(22(4)13-17-9-10-23-14-17)21-12-16(3)18-8-6-7-15(2)11-18;/h6-8,11,16-17H,5,9-10,12-14H2,1-4H3,(H,20,21);1H. The van der Waals surface area contributed by atoms with Crippen molar-refractivity contribution < 1.29 is 4.74 Å². The molecule has 0 radical (unpaired) electrons. The molecule has 1 saturated heterocycles. The maximum Gasteiger partial charge on any atom is 0.193 e. The van der Waals surface area contributed by atoms with E-state index in [2.05, 4.69) is 62.3 Å². The number of hydrogen-bond acceptors (Lipinski definition) is 2. The molecule has 0 amide bonds. The molecule has 24 heavy (non-hydrogen) atoms. The maximum atomic E-state index is 5.48. The van der Waals surface area contributed by atoms with Crippen molar-refractivity contribution in [1.82, 2.24) is 10.2 Å². The first-order valence-corrected chi connectivity index (χ1v) is 8.74. The van der Waals surface area contributed by atoms with Crippen LogP contribution in [0.4, 0.5) is 0 Å². The molecule has 2 unspecified atom stereocenters. The van der Waals surface area contributed by atoms with Gasteiger partial charge in [0.2, 0.25) is 0 Å². The van der Waals surface area contributed by atoms with Gasteiger partial charge in [0.05, 0.1) is 6.61 Å². The van der Waals surface area contributed by atoms with E-state index in [-0.39, 0.29) is 24.0 Å². The molecule has 1 aromatic rings. The van der Waals surface area contributed by atoms with Gasteiger partial charge in [-0.3, -0.25) is 4.99 Å². The molecule has 0 spiro atoms. The molecule has 0 aromatic heterocycles. The van der Waals surface area contributed by atoms with Crippen LogP contribution in [0.2, 0.25) is 0 Å². The third-order valence-corrected chi connectivity index (χ3v) is 4.38. The van der Waals surface area contributed by atoms with Crippen molar-refractivity contribution in [2.75, 3.05) is 39.9 Å². The molecule has 0 saturated carbocycles. The van der Waals surface area contributed by atoms with Gasteiger partial charge in [-0.2, -0.15) is 0 Å². The first-order valence-electron chi connectivity index (χ1n) is 8.74. The second-order valence-corrected chi connectivity index (χ2v) is 6.62. The summed E-state index contributed by atoms with van der Waals surface area (Å²) in [5.74, 6) is 2.05. The van der Waals surface area contributed by atoms with Crippen molar-refractivity contribution >= 4 is 29.9 Å². The van der Waals surface area contributed by atoms with Crippen molar-refractivity contribution in [2.24, 2.45) is 10.9 Å². The predicted octanol–water partition coefficient (Wildman–Crippen LogP) is 3.65. The zero-order valence-electron chi connectivity index (χ0n) is 15.4. The van der Waals surface area contributed by atoms with Crippen molar-refractivity contribution in [1.29, 1.82) is 0 Å². The lowest BCUT2D eigenvalue weighted by atomic mass is 10.00. The number of guanidine groups is 1. The largest absolute Gasteiger partial charge is 0.381 e. The van der Waals surface area contributed by atoms with E-state index in [0.29, 0.717) is 11.8 Å². The minimum atomic E-state index is 0. The van der Waals surface area contributed by atoms with Crippen LogP contribution >= 0.6 is 24.0 Å². The van der Waals surface area contributed by atoms with E-state index in [0.717, 1.165) is 45.2 Å². The van der Waals surface area contributed by atoms with E-state index in [1.807, 2.05) is 0 Å². The van der Waals surface area contributed by atoms with Crippen LogP contribution in [0.1, 0.15) is 37.3 Å². The molecular weight excluding hydrogens is 413 g/mol. The summed E-state index contributed by atoms with van der Waals surface area (Å²) in [5.41, 5.74) is 2.67. The lowest BCUT2D eigenvalue weighted by Crippen LogP contribution is -2.41. The lowest BCUT2D eigenvalue weighted by molar-refractivity contribution is 0.181. The average Bonchev–Trinajstić information content (AvgIpc) is 3.04. The van der Waals surface area contributed by atoms with E-state index < -0.39 is 0 Å². The van der Waals surface area contributed by atoms with Crippen molar-refractivity contribution in [3.05, 3.63) is 35.4 Å². The van der Waals surface area contributed by atoms with Gasteiger partial charge in [-0.1, -0.05) is 36.8 Å². The Morgan fingerprint density at radius 2 is 2.25 bits per heavy atom. The van der Waals surface area contributed by atoms with Crippen molar-refractivity contribution in [3.63, 3.8) is 0 Å². The Labute approximate surface area is 164 Å². The van der Waals surface area contributed by atoms with Crippen LogP contribution in [0, 0.1) is 12.8 Å². The lowest BCUT2D eigenvalue weighted by Gasteiger charge is -2.25. The summed E-state index contributed by atoms with van der Waals surface area (Å²) >= 11 is 0. The molecule has 1 aliphatic rings. The highest BCUT2D eigenvalue weighted by Crippen LogP contribution is 2.17. The van der Waals surface area contributed by atoms with E-state index in [4.69, 9.17) is 9.73 Å². The van der Waals surface area contributed by atoms with Gasteiger partial charge in [-0.05, 0) is 25.8 Å². The van der Waals surface area contributed by atoms with Gasteiger partial charge in [0.1, 0.15) is 0 Å². The van der Waals surface area contributed by atoms with Gasteiger partial charge < -0.3 is 15.0 Å². The number of hydrogen-bond donors (Lipinski definition) is 1. The third-order valence-electron chi connectivity index (χ3n) is 4.38. The quantitative estimate of drug-likeness (QED) is 0.413. The normalized spacial score (nSPS) is 18.8. The SMILES string of the molecule is CCNC(=NCC(C)c1cccc(C)c1)N(C)CC1CCOC1.I. The minimum absolute atomic E-state index is 0. The average molecular weight is 445 g/mol. The molecule has 136 valence electrons. The van der Waals surface area contributed by atoms with Gasteiger partial charge in [-0.15, -0.1) is 24.0 Å². The van der Waals surface area contributed by atoms with Crippen molar-refractivity contribution in [3.8, 4) is 0 Å². The van der Waals surface area contributed by atoms with Gasteiger partial charge in [0.25, 0.3) is 0 Å². The highest BCUT2D eigenvalue weighted by Gasteiger charge is 2.19. The number of aliphatic imine (C=N–C) groups is 1. The fourth-order valence-electron chi connectivity index (χ4n) is 2.98. The number of ether oxygens (including phenoxy) is 1. The number of aryl methyl sites for hydroxylation is 1. The van der Waals surface area contributed by atoms with Crippen LogP contribution in [0.5, 0.6) is 0 Å². The Balaban J connectivity index is 0.00000288. The smallest absolute Gasteiger partial charge is 0.193 e. The molecule has 1 heterocycles. The first-order chi connectivity index (χ1) is 11.1. The molecule has 1 fully saturated rings. The van der Waals surface area contributed by atoms with Gasteiger partial charge in [-0.25, -0.2) is 0 Å². The molecule has 5 heteroatoms. The topological polar surface area (TPSA) is 36.9 Å². The number of nitrogens with zero attached hydrogens (tertiary/aromatic N) is 2. The Bertz CT molecular complexity index is 515. The molecule has 1 N–H and O–H groups in total. The summed E-state index contributed by atoms with van der Waals surface area (Å²) < 4.78 is 5.48. The van der Waals surface area contributed by atoms with E-state index in [1.165, 1.54) is 11.1 Å². The van der Waals surface area contributed by atoms with E-state index in [1.54, 1.807) is 0 Å². The minimum Gasteiger partial charge on any atom is -0.381 e. The maximum absolute atomic E-state index is 5.48. The Hall–Kier alpha value is -0.820. The number of halogens is 1. The third kappa shape index (κ3) is 6.59. The molecule has 0 aliphatic carbocycles. The fourth-order valence-corrected chi connectivity index (χ4v) is 2.98. The number of benzene rings is 1. The zero-order chi connectivity index (χ0) is 16.7. The Morgan fingerprint density at radius 3 is 2.88 bits per heavy atom. The molecule has 2 atom stereocenters. The zero-order valence-corrected chi connectivity index (χ0v) is 17.7. The fraction of sp³-hybridized carbons (Fsp3) is 0.632. The monoisotopic (exact) mass is 445 g/mol. The van der Waals surface area contributed by atoms with Crippen LogP contribution < -0.4 is 5.32 Å². The number of rotatable bonds is 6. The molecule has 4 nitrogen and oxygen atoms in total. The predicted molar refractivity (Wildman–Crippen MR) is 113 cm³/mol. The summed E-state index contributed by atoms with van der Waals surface area (Å²) in [6, 6.07) is 8.72. The highest BCUT2D eigenvalue weighted by molar-refractivity contribution is 14.0. The van der Waals surface area contributed by atoms with E-state index in [9.17, 15) is 0 Å². The highest BCUT2D eigenvalue weighted by atomic mass is 127. The second-order valence-electron chi connectivity index (χ2n) is 6.62. The molecule has 0 bridgehead atoms. The summed E-state index contributed by atoms with van der Waals surface area (Å²) in [7, 11) is 2.12. The van der Waals surface area contributed by atoms with Crippen LogP contribution in [0.15, 0.2) is 29.3 Å². The van der Waals surface area contributed by atoms with Crippen LogP contribution in [-0.2, 0) is 4.74 Å². The van der Waals surface area contributed by atoms with Gasteiger partial charge >= 0.3 is 0 Å². The Kier molecular flexibility index (Phi) is 9.66. The van der Waals surface area contributed by atoms with Crippen molar-refractivity contribution in [2.45, 2.75) is 33.1 Å². The molecule has 1 aliphatic heterocycles. The van der Waals surface area contributed by atoms with Gasteiger partial charge in [0.15, 0.2) is 5.96 Å². The number of nitrogens with one attached hydrogen (secondary N) is 1. The second kappa shape index (κ2) is 10.9.